The Hall–Kier alpha value is -5.43. The van der Waals surface area contributed by atoms with E-state index in [4.69, 9.17) is 5.14 Å². The molecule has 4 atom stereocenters. The summed E-state index contributed by atoms with van der Waals surface area (Å²) in [4.78, 5) is 79.9. The number of amides is 3. The van der Waals surface area contributed by atoms with Gasteiger partial charge in [0.2, 0.25) is 27.2 Å². The number of thioether (sulfide) groups is 2. The highest BCUT2D eigenvalue weighted by Gasteiger charge is 2.41. The molecule has 0 radical (unpaired) electrons. The Bertz CT molecular complexity index is 2500. The molecule has 69 heavy (non-hydrogen) atoms. The summed E-state index contributed by atoms with van der Waals surface area (Å²) in [6.45, 7) is 3.56. The van der Waals surface area contributed by atoms with E-state index in [2.05, 4.69) is 31.1 Å². The number of aryl methyl sites for hydroxylation is 2. The van der Waals surface area contributed by atoms with Gasteiger partial charge in [-0.25, -0.2) is 13.6 Å². The van der Waals surface area contributed by atoms with Crippen LogP contribution in [0.25, 0.3) is 0 Å². The Morgan fingerprint density at radius 2 is 1.45 bits per heavy atom. The Balaban J connectivity index is 0.947. The van der Waals surface area contributed by atoms with Crippen LogP contribution in [0, 0.1) is 5.92 Å². The Morgan fingerprint density at radius 1 is 0.812 bits per heavy atom. The van der Waals surface area contributed by atoms with E-state index in [1.165, 1.54) is 0 Å². The van der Waals surface area contributed by atoms with Crippen LogP contribution in [0.15, 0.2) is 59.1 Å². The van der Waals surface area contributed by atoms with E-state index >= 15 is 0 Å². The van der Waals surface area contributed by atoms with E-state index in [9.17, 15) is 52.5 Å². The van der Waals surface area contributed by atoms with E-state index in [0.29, 0.717) is 79.3 Å². The lowest BCUT2D eigenvalue weighted by Gasteiger charge is -2.31. The number of sulfonamides is 1. The predicted octanol–water partition coefficient (Wildman–Crippen LogP) is 4.40. The summed E-state index contributed by atoms with van der Waals surface area (Å²) >= 11 is 4.26. The molecule has 4 aromatic rings. The molecular formula is C45H57N9O11S4. The molecule has 24 heteroatoms. The van der Waals surface area contributed by atoms with Gasteiger partial charge in [-0.2, -0.15) is 0 Å². The third kappa shape index (κ3) is 15.5. The number of hydrogen-bond donors (Lipinski definition) is 6. The highest BCUT2D eigenvalue weighted by atomic mass is 32.2. The molecule has 7 N–H and O–H groups in total. The van der Waals surface area contributed by atoms with Crippen molar-refractivity contribution in [3.05, 3.63) is 71.5 Å². The van der Waals surface area contributed by atoms with Crippen LogP contribution in [-0.2, 0) is 57.2 Å². The van der Waals surface area contributed by atoms with Crippen LogP contribution >= 0.6 is 34.9 Å². The molecule has 4 heterocycles. The molecule has 3 amide bonds. The van der Waals surface area contributed by atoms with Gasteiger partial charge in [0.25, 0.3) is 10.0 Å². The summed E-state index contributed by atoms with van der Waals surface area (Å²) in [5.41, 5.74) is 1.78. The number of nitrogens with zero attached hydrogens (tertiary/aromatic N) is 6. The number of Topliss-reactive ketones (excluding diaryl/α,β-unsaturated/α-hetero) is 2. The first-order chi connectivity index (χ1) is 32.9. The number of aliphatic carboxylic acids is 1. The summed E-state index contributed by atoms with van der Waals surface area (Å²) in [6.07, 6.45) is 4.11. The molecule has 20 nitrogen and oxygen atoms in total. The van der Waals surface area contributed by atoms with Crippen molar-refractivity contribution in [2.24, 2.45) is 11.1 Å². The number of primary sulfonamides is 1. The normalized spacial score (nSPS) is 16.7. The quantitative estimate of drug-likeness (QED) is 0.0356. The van der Waals surface area contributed by atoms with Gasteiger partial charge in [0.1, 0.15) is 29.1 Å². The predicted molar refractivity (Wildman–Crippen MR) is 259 cm³/mol. The first kappa shape index (κ1) is 52.9. The lowest BCUT2D eigenvalue weighted by Crippen LogP contribution is -2.48. The van der Waals surface area contributed by atoms with Gasteiger partial charge in [0.15, 0.2) is 0 Å². The van der Waals surface area contributed by atoms with Crippen molar-refractivity contribution in [2.45, 2.75) is 123 Å². The van der Waals surface area contributed by atoms with Crippen LogP contribution in [0.5, 0.6) is 11.5 Å². The number of unbranched alkanes of at least 4 members (excludes halogenated alkanes) is 1. The summed E-state index contributed by atoms with van der Waals surface area (Å²) in [7, 11) is -4.02. The third-order valence-electron chi connectivity index (χ3n) is 12.3. The number of ketones is 2. The van der Waals surface area contributed by atoms with Crippen LogP contribution in [-0.4, -0.2) is 124 Å². The number of fused-ring (bicyclic) bond motifs is 1. The number of carbonyl (C=O) groups excluding carboxylic acids is 5. The number of nitrogens with one attached hydrogen (secondary N) is 2. The zero-order valence-corrected chi connectivity index (χ0v) is 41.3. The minimum Gasteiger partial charge on any atom is -0.508 e. The second kappa shape index (κ2) is 24.4. The molecule has 0 saturated carbocycles. The second-order valence-corrected chi connectivity index (χ2v) is 23.0. The van der Waals surface area contributed by atoms with E-state index in [-0.39, 0.29) is 78.5 Å². The molecule has 6 rings (SSSR count). The zero-order valence-electron chi connectivity index (χ0n) is 38.0. The first-order valence-corrected chi connectivity index (χ1v) is 27.0. The molecule has 372 valence electrons. The largest absolute Gasteiger partial charge is 0.508 e. The fourth-order valence-corrected chi connectivity index (χ4v) is 13.0. The average molecular weight is 1030 g/mol. The summed E-state index contributed by atoms with van der Waals surface area (Å²) in [5, 5.41) is 57.1. The fraction of sp³-hybridized carbons (Fsp3) is 0.511. The molecule has 2 aliphatic heterocycles. The number of hydrogen-bond acceptors (Lipinski definition) is 17. The summed E-state index contributed by atoms with van der Waals surface area (Å²) in [6, 6.07) is 12.6. The number of aromatic nitrogens is 5. The van der Waals surface area contributed by atoms with Gasteiger partial charge in [-0.15, -0.1) is 38.8 Å². The molecule has 2 fully saturated rings. The molecule has 2 unspecified atom stereocenters. The monoisotopic (exact) mass is 1030 g/mol. The number of carbonyl (C=O) groups is 6. The van der Waals surface area contributed by atoms with E-state index in [1.54, 1.807) is 87.8 Å². The Kier molecular flexibility index (Phi) is 18.7. The number of rotatable bonds is 27. The van der Waals surface area contributed by atoms with E-state index in [0.717, 1.165) is 16.2 Å². The van der Waals surface area contributed by atoms with Crippen LogP contribution in [0.4, 0.5) is 5.13 Å². The fourth-order valence-electron chi connectivity index (χ4n) is 8.32. The van der Waals surface area contributed by atoms with Crippen LogP contribution in [0.3, 0.4) is 0 Å². The van der Waals surface area contributed by atoms with Gasteiger partial charge >= 0.3 is 5.97 Å². The van der Waals surface area contributed by atoms with Gasteiger partial charge < -0.3 is 30.9 Å². The maximum absolute atomic E-state index is 13.9. The maximum Gasteiger partial charge on any atom is 0.307 e. The molecule has 2 aliphatic rings. The molecule has 0 spiro atoms. The molecule has 2 saturated heterocycles. The number of nitrogens with two attached hydrogens (primary N) is 1. The standard InChI is InChI=1S/C45H57N9O11S4/c1-45(29-11-15-33(56)16-12-29,30-13-17-34(57)18-14-30)20-19-32(55)7-5-8-35(58)22-28(42(62)63)23-40(60)47-36(41(61)53-25-37-38(26-53)67-27-66-37)9-2-3-21-54-24-31(49-52-54)6-4-10-39(59)48-43-50-51-44(68-43)69(46,64)65/h11-18,24,28,36-38,56-57H,2-10,19-23,25-27H2,1H3,(H,47,60)(H,62,63)(H2,46,64,65)(H,48,50,59)/t28?,36-,37-,38?/m0/s1. The van der Waals surface area contributed by atoms with Gasteiger partial charge in [-0.1, -0.05) is 47.7 Å². The number of aromatic hydroxyl groups is 2. The van der Waals surface area contributed by atoms with E-state index < -0.39 is 56.5 Å². The van der Waals surface area contributed by atoms with Crippen molar-refractivity contribution in [1.82, 2.24) is 35.4 Å². The Labute approximate surface area is 412 Å². The molecule has 0 aliphatic carbocycles. The summed E-state index contributed by atoms with van der Waals surface area (Å²) in [5.74, 6) is -4.15. The number of anilines is 1. The lowest BCUT2D eigenvalue weighted by atomic mass is 9.72. The van der Waals surface area contributed by atoms with Gasteiger partial charge in [0, 0.05) is 85.4 Å². The van der Waals surface area contributed by atoms with Crippen LogP contribution < -0.4 is 15.8 Å². The smallest absolute Gasteiger partial charge is 0.307 e. The number of likely N-dealkylation sites (tertiary alicyclic amines) is 1. The maximum atomic E-state index is 13.9. The lowest BCUT2D eigenvalue weighted by molar-refractivity contribution is -0.146. The zero-order chi connectivity index (χ0) is 49.7. The number of carboxylic acids is 1. The topological polar surface area (TPSA) is 307 Å². The minimum absolute atomic E-state index is 0.0166. The van der Waals surface area contributed by atoms with Crippen LogP contribution in [0.1, 0.15) is 101 Å². The van der Waals surface area contributed by atoms with Crippen molar-refractivity contribution < 1.29 is 52.5 Å². The van der Waals surface area contributed by atoms with Crippen LogP contribution in [0.2, 0.25) is 0 Å². The number of phenolic OH excluding ortho intramolecular Hbond substituents is 2. The van der Waals surface area contributed by atoms with Crippen molar-refractivity contribution >= 4 is 85.3 Å². The molecular weight excluding hydrogens is 971 g/mol. The average Bonchev–Trinajstić information content (AvgIpc) is 4.13. The van der Waals surface area contributed by atoms with Crippen molar-refractivity contribution in [2.75, 3.05) is 23.5 Å². The number of benzene rings is 2. The molecule has 0 bridgehead atoms. The van der Waals surface area contributed by atoms with Gasteiger partial charge in [-0.05, 0) is 80.3 Å². The minimum atomic E-state index is -4.02. The van der Waals surface area contributed by atoms with E-state index in [1.807, 2.05) is 6.92 Å². The SMILES string of the molecule is CC(CCC(=O)CCCC(=O)CC(CC(=O)N[C@@H](CCCCn1cc(CCCC(=O)Nc2nnc(S(N)(=O)=O)s2)nn1)C(=O)N1CC2SCS[C@H]2C1)C(=O)O)(c1ccc(O)cc1)c1ccc(O)cc1. The Morgan fingerprint density at radius 3 is 2.06 bits per heavy atom. The number of carboxylic acid groups (broad SMARTS) is 1. The summed E-state index contributed by atoms with van der Waals surface area (Å²) < 4.78 is 24.0. The third-order valence-corrected chi connectivity index (χ3v) is 17.5. The van der Waals surface area contributed by atoms with Crippen molar-refractivity contribution in [3.8, 4) is 11.5 Å². The van der Waals surface area contributed by atoms with Gasteiger partial charge in [0.05, 0.1) is 11.6 Å². The highest BCUT2D eigenvalue weighted by Crippen LogP contribution is 2.41. The highest BCUT2D eigenvalue weighted by molar-refractivity contribution is 8.19. The molecule has 2 aromatic carbocycles. The first-order valence-electron chi connectivity index (χ1n) is 22.6. The number of phenols is 2. The van der Waals surface area contributed by atoms with Crippen molar-refractivity contribution in [3.63, 3.8) is 0 Å². The van der Waals surface area contributed by atoms with Gasteiger partial charge in [-0.3, -0.25) is 33.4 Å². The van der Waals surface area contributed by atoms with Crippen molar-refractivity contribution in [1.29, 1.82) is 0 Å². The molecule has 2 aromatic heterocycles. The second-order valence-electron chi connectivity index (χ2n) is 17.5.